The highest BCUT2D eigenvalue weighted by Crippen LogP contribution is 2.23. The van der Waals surface area contributed by atoms with Crippen LogP contribution in [-0.2, 0) is 21.3 Å². The molecule has 0 saturated carbocycles. The molecule has 1 aromatic heterocycles. The summed E-state index contributed by atoms with van der Waals surface area (Å²) < 4.78 is 58.1. The number of aryl methyl sites for hydroxylation is 1. The smallest absolute Gasteiger partial charge is 0.284 e. The first-order valence-corrected chi connectivity index (χ1v) is 7.27. The van der Waals surface area contributed by atoms with Gasteiger partial charge >= 0.3 is 0 Å². The Kier molecular flexibility index (Phi) is 3.88. The van der Waals surface area contributed by atoms with Crippen molar-refractivity contribution in [2.24, 2.45) is 0 Å². The lowest BCUT2D eigenvalue weighted by atomic mass is 10.4. The van der Waals surface area contributed by atoms with Gasteiger partial charge in [0.05, 0.1) is 19.3 Å². The van der Waals surface area contributed by atoms with Gasteiger partial charge in [-0.2, -0.15) is 9.40 Å². The topological polar surface area (TPSA) is 64.4 Å². The van der Waals surface area contributed by atoms with E-state index in [0.717, 1.165) is 4.31 Å². The van der Waals surface area contributed by atoms with E-state index in [2.05, 4.69) is 5.10 Å². The van der Waals surface area contributed by atoms with Crippen molar-refractivity contribution in [3.8, 4) is 0 Å². The first kappa shape index (κ1) is 14.4. The van der Waals surface area contributed by atoms with Gasteiger partial charge < -0.3 is 4.74 Å². The van der Waals surface area contributed by atoms with E-state index in [1.807, 2.05) is 0 Å². The fourth-order valence-corrected chi connectivity index (χ4v) is 3.18. The van der Waals surface area contributed by atoms with E-state index < -0.39 is 29.1 Å². The van der Waals surface area contributed by atoms with E-state index in [1.54, 1.807) is 6.92 Å². The van der Waals surface area contributed by atoms with Crippen molar-refractivity contribution in [1.82, 2.24) is 14.1 Å². The van der Waals surface area contributed by atoms with Gasteiger partial charge in [-0.3, -0.25) is 4.68 Å². The molecule has 0 N–H and O–H groups in total. The SMILES string of the molecule is CCn1cc(S(=O)(=O)N2CCOCC(F)(F)C2)cn1. The summed E-state index contributed by atoms with van der Waals surface area (Å²) in [5, 5.41) is 3.85. The Bertz CT molecular complexity index is 544. The van der Waals surface area contributed by atoms with Gasteiger partial charge in [-0.15, -0.1) is 0 Å². The lowest BCUT2D eigenvalue weighted by molar-refractivity contribution is -0.0630. The van der Waals surface area contributed by atoms with Crippen molar-refractivity contribution < 1.29 is 21.9 Å². The van der Waals surface area contributed by atoms with Crippen LogP contribution in [0.25, 0.3) is 0 Å². The van der Waals surface area contributed by atoms with Crippen LogP contribution in [-0.4, -0.2) is 54.7 Å². The van der Waals surface area contributed by atoms with E-state index in [-0.39, 0.29) is 18.0 Å². The number of ether oxygens (including phenoxy) is 1. The van der Waals surface area contributed by atoms with Gasteiger partial charge in [0, 0.05) is 19.3 Å². The monoisotopic (exact) mass is 295 g/mol. The van der Waals surface area contributed by atoms with Crippen LogP contribution in [0.2, 0.25) is 0 Å². The van der Waals surface area contributed by atoms with E-state index in [1.165, 1.54) is 17.1 Å². The Morgan fingerprint density at radius 1 is 1.53 bits per heavy atom. The average Bonchev–Trinajstić information content (AvgIpc) is 2.74. The van der Waals surface area contributed by atoms with Gasteiger partial charge in [0.15, 0.2) is 0 Å². The third-order valence-electron chi connectivity index (χ3n) is 2.78. The minimum absolute atomic E-state index is 0.0449. The summed E-state index contributed by atoms with van der Waals surface area (Å²) in [5.74, 6) is -3.18. The van der Waals surface area contributed by atoms with Crippen LogP contribution >= 0.6 is 0 Å². The Morgan fingerprint density at radius 3 is 2.89 bits per heavy atom. The second kappa shape index (κ2) is 5.14. The maximum absolute atomic E-state index is 13.4. The van der Waals surface area contributed by atoms with Crippen molar-refractivity contribution in [1.29, 1.82) is 0 Å². The normalized spacial score (nSPS) is 21.2. The molecule has 0 radical (unpaired) electrons. The number of hydrogen-bond donors (Lipinski definition) is 0. The zero-order valence-electron chi connectivity index (χ0n) is 10.4. The molecule has 1 aromatic rings. The molecule has 0 bridgehead atoms. The molecule has 108 valence electrons. The zero-order chi connectivity index (χ0) is 14.1. The number of rotatable bonds is 3. The van der Waals surface area contributed by atoms with Crippen molar-refractivity contribution in [3.63, 3.8) is 0 Å². The van der Waals surface area contributed by atoms with Gasteiger partial charge in [-0.25, -0.2) is 17.2 Å². The molecule has 6 nitrogen and oxygen atoms in total. The molecule has 1 saturated heterocycles. The van der Waals surface area contributed by atoms with Crippen LogP contribution in [0.3, 0.4) is 0 Å². The number of aromatic nitrogens is 2. The van der Waals surface area contributed by atoms with Crippen LogP contribution in [0.1, 0.15) is 6.92 Å². The third-order valence-corrected chi connectivity index (χ3v) is 4.58. The Labute approximate surface area is 110 Å². The predicted molar refractivity (Wildman–Crippen MR) is 62.4 cm³/mol. The molecule has 0 aliphatic carbocycles. The molecule has 9 heteroatoms. The molecule has 0 unspecified atom stereocenters. The fraction of sp³-hybridized carbons (Fsp3) is 0.700. The van der Waals surface area contributed by atoms with Crippen LogP contribution < -0.4 is 0 Å². The Balaban J connectivity index is 2.27. The van der Waals surface area contributed by atoms with E-state index in [9.17, 15) is 17.2 Å². The molecule has 19 heavy (non-hydrogen) atoms. The molecule has 2 heterocycles. The molecule has 0 aromatic carbocycles. The number of hydrogen-bond acceptors (Lipinski definition) is 4. The highest BCUT2D eigenvalue weighted by Gasteiger charge is 2.39. The maximum atomic E-state index is 13.4. The molecule has 1 aliphatic rings. The summed E-state index contributed by atoms with van der Waals surface area (Å²) in [5.41, 5.74) is 0. The van der Waals surface area contributed by atoms with Crippen LogP contribution in [0.5, 0.6) is 0 Å². The first-order valence-electron chi connectivity index (χ1n) is 5.83. The van der Waals surface area contributed by atoms with Gasteiger partial charge in [0.2, 0.25) is 10.0 Å². The van der Waals surface area contributed by atoms with Crippen molar-refractivity contribution in [3.05, 3.63) is 12.4 Å². The molecule has 2 rings (SSSR count). The summed E-state index contributed by atoms with van der Waals surface area (Å²) in [6.07, 6.45) is 2.50. The Hall–Kier alpha value is -1.06. The second-order valence-corrected chi connectivity index (χ2v) is 6.22. The molecule has 0 amide bonds. The third kappa shape index (κ3) is 3.10. The van der Waals surface area contributed by atoms with Gasteiger partial charge in [0.25, 0.3) is 5.92 Å². The summed E-state index contributed by atoms with van der Waals surface area (Å²) in [6.45, 7) is 0.554. The standard InChI is InChI=1S/C10H15F2N3O3S/c1-2-14-6-9(5-13-14)19(16,17)15-3-4-18-8-10(11,12)7-15/h5-6H,2-4,7-8H2,1H3. The minimum atomic E-state index is -3.96. The first-order chi connectivity index (χ1) is 8.85. The molecular weight excluding hydrogens is 280 g/mol. The number of nitrogens with zero attached hydrogens (tertiary/aromatic N) is 3. The number of halogens is 2. The van der Waals surface area contributed by atoms with Gasteiger partial charge in [-0.05, 0) is 6.92 Å². The molecular formula is C10H15F2N3O3S. The van der Waals surface area contributed by atoms with Crippen LogP contribution in [0, 0.1) is 0 Å². The number of sulfonamides is 1. The minimum Gasteiger partial charge on any atom is -0.374 e. The second-order valence-electron chi connectivity index (χ2n) is 4.28. The Morgan fingerprint density at radius 2 is 2.26 bits per heavy atom. The fourth-order valence-electron chi connectivity index (χ4n) is 1.78. The largest absolute Gasteiger partial charge is 0.374 e. The van der Waals surface area contributed by atoms with Crippen molar-refractivity contribution >= 4 is 10.0 Å². The quantitative estimate of drug-likeness (QED) is 0.817. The maximum Gasteiger partial charge on any atom is 0.284 e. The molecule has 0 spiro atoms. The van der Waals surface area contributed by atoms with E-state index >= 15 is 0 Å². The molecule has 0 atom stereocenters. The summed E-state index contributed by atoms with van der Waals surface area (Å²) in [7, 11) is -3.96. The van der Waals surface area contributed by atoms with Crippen LogP contribution in [0.4, 0.5) is 8.78 Å². The molecule has 1 fully saturated rings. The van der Waals surface area contributed by atoms with Gasteiger partial charge in [0.1, 0.15) is 11.5 Å². The lowest BCUT2D eigenvalue weighted by Gasteiger charge is -2.21. The summed E-state index contributed by atoms with van der Waals surface area (Å²) in [6, 6.07) is 0. The highest BCUT2D eigenvalue weighted by atomic mass is 32.2. The average molecular weight is 295 g/mol. The zero-order valence-corrected chi connectivity index (χ0v) is 11.2. The predicted octanol–water partition coefficient (Wildman–Crippen LogP) is 0.559. The van der Waals surface area contributed by atoms with E-state index in [0.29, 0.717) is 6.54 Å². The van der Waals surface area contributed by atoms with E-state index in [4.69, 9.17) is 4.74 Å². The lowest BCUT2D eigenvalue weighted by Crippen LogP contribution is -2.41. The van der Waals surface area contributed by atoms with Crippen molar-refractivity contribution in [2.45, 2.75) is 24.3 Å². The highest BCUT2D eigenvalue weighted by molar-refractivity contribution is 7.89. The summed E-state index contributed by atoms with van der Waals surface area (Å²) >= 11 is 0. The van der Waals surface area contributed by atoms with Crippen molar-refractivity contribution in [2.75, 3.05) is 26.3 Å². The van der Waals surface area contributed by atoms with Crippen LogP contribution in [0.15, 0.2) is 17.3 Å². The summed E-state index contributed by atoms with van der Waals surface area (Å²) in [4.78, 5) is -0.0768. The number of alkyl halides is 2. The molecule has 1 aliphatic heterocycles. The van der Waals surface area contributed by atoms with Gasteiger partial charge in [-0.1, -0.05) is 0 Å².